The molecule has 24 heavy (non-hydrogen) atoms. The summed E-state index contributed by atoms with van der Waals surface area (Å²) in [5.74, 6) is 0.375. The number of halogens is 1. The second-order valence-corrected chi connectivity index (χ2v) is 7.26. The normalized spacial score (nSPS) is 22.0. The van der Waals surface area contributed by atoms with E-state index in [1.807, 2.05) is 29.8 Å². The molecule has 2 aromatic rings. The molecule has 1 aliphatic rings. The van der Waals surface area contributed by atoms with Crippen molar-refractivity contribution in [1.29, 1.82) is 0 Å². The lowest BCUT2D eigenvalue weighted by Crippen LogP contribution is -2.42. The van der Waals surface area contributed by atoms with Gasteiger partial charge in [-0.25, -0.2) is 4.68 Å². The summed E-state index contributed by atoms with van der Waals surface area (Å²) < 4.78 is 1.89. The SMILES string of the molecule is Cc1nn(Cc2ccccc2)c(Cl)c1CN1CC(CO)CCC1C. The van der Waals surface area contributed by atoms with E-state index in [9.17, 15) is 5.11 Å². The van der Waals surface area contributed by atoms with Gasteiger partial charge in [-0.15, -0.1) is 0 Å². The van der Waals surface area contributed by atoms with Gasteiger partial charge in [-0.05, 0) is 38.2 Å². The molecule has 0 saturated carbocycles. The molecule has 4 nitrogen and oxygen atoms in total. The Labute approximate surface area is 149 Å². The summed E-state index contributed by atoms with van der Waals surface area (Å²) in [6, 6.07) is 10.8. The molecule has 1 fully saturated rings. The quantitative estimate of drug-likeness (QED) is 0.900. The number of nitrogens with zero attached hydrogens (tertiary/aromatic N) is 3. The molecule has 2 heterocycles. The number of benzene rings is 1. The Morgan fingerprint density at radius 1 is 1.21 bits per heavy atom. The first-order chi connectivity index (χ1) is 11.6. The summed E-state index contributed by atoms with van der Waals surface area (Å²) in [4.78, 5) is 2.42. The Morgan fingerprint density at radius 3 is 2.67 bits per heavy atom. The second kappa shape index (κ2) is 7.68. The molecule has 0 bridgehead atoms. The van der Waals surface area contributed by atoms with E-state index in [1.165, 1.54) is 5.56 Å². The largest absolute Gasteiger partial charge is 0.396 e. The maximum absolute atomic E-state index is 9.47. The van der Waals surface area contributed by atoms with E-state index < -0.39 is 0 Å². The van der Waals surface area contributed by atoms with Gasteiger partial charge in [0, 0.05) is 31.3 Å². The van der Waals surface area contributed by atoms with E-state index in [0.29, 0.717) is 18.5 Å². The van der Waals surface area contributed by atoms with E-state index in [1.54, 1.807) is 0 Å². The topological polar surface area (TPSA) is 41.3 Å². The first-order valence-corrected chi connectivity index (χ1v) is 9.07. The molecule has 1 saturated heterocycles. The molecule has 2 atom stereocenters. The third-order valence-corrected chi connectivity index (χ3v) is 5.51. The predicted molar refractivity (Wildman–Crippen MR) is 97.2 cm³/mol. The molecule has 1 aliphatic heterocycles. The van der Waals surface area contributed by atoms with E-state index >= 15 is 0 Å². The fourth-order valence-corrected chi connectivity index (χ4v) is 3.76. The Hall–Kier alpha value is -1.36. The lowest BCUT2D eigenvalue weighted by atomic mass is 9.93. The Kier molecular flexibility index (Phi) is 5.59. The van der Waals surface area contributed by atoms with Crippen molar-refractivity contribution in [3.63, 3.8) is 0 Å². The van der Waals surface area contributed by atoms with E-state index in [0.717, 1.165) is 42.3 Å². The maximum Gasteiger partial charge on any atom is 0.132 e. The molecule has 0 aliphatic carbocycles. The summed E-state index contributed by atoms with van der Waals surface area (Å²) in [7, 11) is 0. The van der Waals surface area contributed by atoms with E-state index in [4.69, 9.17) is 11.6 Å². The van der Waals surface area contributed by atoms with Gasteiger partial charge in [0.25, 0.3) is 0 Å². The highest BCUT2D eigenvalue weighted by Crippen LogP contribution is 2.27. The van der Waals surface area contributed by atoms with Crippen molar-refractivity contribution in [3.8, 4) is 0 Å². The number of aliphatic hydroxyl groups excluding tert-OH is 1. The van der Waals surface area contributed by atoms with Gasteiger partial charge in [0.1, 0.15) is 5.15 Å². The van der Waals surface area contributed by atoms with Crippen molar-refractivity contribution in [2.24, 2.45) is 5.92 Å². The number of piperidine rings is 1. The zero-order valence-corrected chi connectivity index (χ0v) is 15.2. The molecule has 0 amide bonds. The molecule has 2 unspecified atom stereocenters. The molecule has 1 N–H and O–H groups in total. The van der Waals surface area contributed by atoms with Crippen LogP contribution < -0.4 is 0 Å². The maximum atomic E-state index is 9.47. The molecule has 130 valence electrons. The number of likely N-dealkylation sites (tertiary alicyclic amines) is 1. The molecule has 1 aromatic carbocycles. The lowest BCUT2D eigenvalue weighted by molar-refractivity contribution is 0.0770. The number of aliphatic hydroxyl groups is 1. The summed E-state index contributed by atoms with van der Waals surface area (Å²) in [6.45, 7) is 6.97. The van der Waals surface area contributed by atoms with Crippen molar-refractivity contribution >= 4 is 11.6 Å². The van der Waals surface area contributed by atoms with Gasteiger partial charge in [0.2, 0.25) is 0 Å². The molecule has 3 rings (SSSR count). The number of aryl methyl sites for hydroxylation is 1. The van der Waals surface area contributed by atoms with Gasteiger partial charge >= 0.3 is 0 Å². The third-order valence-electron chi connectivity index (χ3n) is 5.09. The minimum atomic E-state index is 0.267. The average molecular weight is 348 g/mol. The zero-order valence-electron chi connectivity index (χ0n) is 14.5. The summed E-state index contributed by atoms with van der Waals surface area (Å²) in [5.41, 5.74) is 3.30. The van der Waals surface area contributed by atoms with Crippen LogP contribution in [-0.4, -0.2) is 39.0 Å². The highest BCUT2D eigenvalue weighted by atomic mass is 35.5. The second-order valence-electron chi connectivity index (χ2n) is 6.90. The van der Waals surface area contributed by atoms with Crippen LogP contribution in [0.25, 0.3) is 0 Å². The Balaban J connectivity index is 1.76. The standard InChI is InChI=1S/C19H26ClN3O/c1-14-8-9-17(13-24)10-22(14)12-18-15(2)21-23(19(18)20)11-16-6-4-3-5-7-16/h3-7,14,17,24H,8-13H2,1-2H3. The van der Waals surface area contributed by atoms with Crippen LogP contribution in [0.1, 0.15) is 36.6 Å². The molecular weight excluding hydrogens is 322 g/mol. The molecule has 5 heteroatoms. The van der Waals surface area contributed by atoms with Gasteiger partial charge in [-0.3, -0.25) is 4.90 Å². The Bertz CT molecular complexity index is 671. The van der Waals surface area contributed by atoms with Gasteiger partial charge in [-0.2, -0.15) is 5.10 Å². The highest BCUT2D eigenvalue weighted by Gasteiger charge is 2.27. The van der Waals surface area contributed by atoms with Crippen LogP contribution in [0.2, 0.25) is 5.15 Å². The van der Waals surface area contributed by atoms with Crippen LogP contribution in [0.5, 0.6) is 0 Å². The Morgan fingerprint density at radius 2 is 1.96 bits per heavy atom. The molecular formula is C19H26ClN3O. The van der Waals surface area contributed by atoms with Crippen LogP contribution >= 0.6 is 11.6 Å². The summed E-state index contributed by atoms with van der Waals surface area (Å²) in [5, 5.41) is 14.8. The van der Waals surface area contributed by atoms with Gasteiger partial charge < -0.3 is 5.11 Å². The van der Waals surface area contributed by atoms with Crippen molar-refractivity contribution in [2.75, 3.05) is 13.2 Å². The van der Waals surface area contributed by atoms with Gasteiger partial charge in [0.05, 0.1) is 12.2 Å². The van der Waals surface area contributed by atoms with Crippen molar-refractivity contribution in [3.05, 3.63) is 52.3 Å². The highest BCUT2D eigenvalue weighted by molar-refractivity contribution is 6.30. The van der Waals surface area contributed by atoms with Crippen LogP contribution in [0, 0.1) is 12.8 Å². The molecule has 0 radical (unpaired) electrons. The van der Waals surface area contributed by atoms with E-state index in [-0.39, 0.29) is 6.61 Å². The van der Waals surface area contributed by atoms with Crippen LogP contribution in [0.15, 0.2) is 30.3 Å². The molecule has 0 spiro atoms. The van der Waals surface area contributed by atoms with Crippen molar-refractivity contribution in [2.45, 2.75) is 45.8 Å². The fourth-order valence-electron chi connectivity index (χ4n) is 3.47. The first kappa shape index (κ1) is 17.5. The number of hydrogen-bond acceptors (Lipinski definition) is 3. The van der Waals surface area contributed by atoms with Crippen molar-refractivity contribution in [1.82, 2.24) is 14.7 Å². The predicted octanol–water partition coefficient (Wildman–Crippen LogP) is 3.49. The first-order valence-electron chi connectivity index (χ1n) is 8.69. The zero-order chi connectivity index (χ0) is 17.1. The van der Waals surface area contributed by atoms with Gasteiger partial charge in [0.15, 0.2) is 0 Å². The van der Waals surface area contributed by atoms with Crippen molar-refractivity contribution < 1.29 is 5.11 Å². The van der Waals surface area contributed by atoms with Crippen LogP contribution in [0.4, 0.5) is 0 Å². The molecule has 1 aromatic heterocycles. The average Bonchev–Trinajstić information content (AvgIpc) is 2.85. The lowest BCUT2D eigenvalue weighted by Gasteiger charge is -2.37. The summed E-state index contributed by atoms with van der Waals surface area (Å²) >= 11 is 6.64. The monoisotopic (exact) mass is 347 g/mol. The smallest absolute Gasteiger partial charge is 0.132 e. The number of aromatic nitrogens is 2. The fraction of sp³-hybridized carbons (Fsp3) is 0.526. The van der Waals surface area contributed by atoms with Crippen LogP contribution in [-0.2, 0) is 13.1 Å². The number of rotatable bonds is 5. The summed E-state index contributed by atoms with van der Waals surface area (Å²) in [6.07, 6.45) is 2.23. The van der Waals surface area contributed by atoms with E-state index in [2.05, 4.69) is 29.1 Å². The minimum Gasteiger partial charge on any atom is -0.396 e. The third kappa shape index (κ3) is 3.82. The van der Waals surface area contributed by atoms with Gasteiger partial charge in [-0.1, -0.05) is 41.9 Å². The van der Waals surface area contributed by atoms with Crippen LogP contribution in [0.3, 0.4) is 0 Å². The number of hydrogen-bond donors (Lipinski definition) is 1. The minimum absolute atomic E-state index is 0.267.